The van der Waals surface area contributed by atoms with Gasteiger partial charge in [0.25, 0.3) is 0 Å². The molecule has 3 nitrogen and oxygen atoms in total. The third-order valence-corrected chi connectivity index (χ3v) is 2.50. The van der Waals surface area contributed by atoms with Crippen LogP contribution in [0.2, 0.25) is 5.02 Å². The number of aliphatic hydroxyl groups excluding tert-OH is 1. The highest BCUT2D eigenvalue weighted by Gasteiger charge is 2.16. The van der Waals surface area contributed by atoms with E-state index in [-0.39, 0.29) is 6.61 Å². The zero-order valence-corrected chi connectivity index (χ0v) is 8.50. The summed E-state index contributed by atoms with van der Waals surface area (Å²) in [5, 5.41) is 11.3. The molecule has 0 unspecified atom stereocenters. The average molecular weight is 214 g/mol. The van der Waals surface area contributed by atoms with Gasteiger partial charge >= 0.3 is 0 Å². The Labute approximate surface area is 87.8 Å². The van der Waals surface area contributed by atoms with Gasteiger partial charge in [-0.25, -0.2) is 0 Å². The minimum absolute atomic E-state index is 0.114. The number of rotatable bonds is 2. The first-order valence-electron chi connectivity index (χ1n) is 4.55. The molecule has 0 fully saturated rings. The van der Waals surface area contributed by atoms with E-state index in [0.717, 1.165) is 10.6 Å². The van der Waals surface area contributed by atoms with Crippen LogP contribution in [-0.2, 0) is 18.0 Å². The third-order valence-electron chi connectivity index (χ3n) is 2.27. The van der Waals surface area contributed by atoms with E-state index in [9.17, 15) is 0 Å². The van der Waals surface area contributed by atoms with Crippen LogP contribution in [0.3, 0.4) is 0 Å². The van der Waals surface area contributed by atoms with Crippen LogP contribution in [0.5, 0.6) is 0 Å². The number of β-amino-alcohol motifs (C(OH)–C–C–N with tert-alkyl or cyclic N) is 1. The van der Waals surface area contributed by atoms with Gasteiger partial charge in [-0.2, -0.15) is 5.06 Å². The average Bonchev–Trinajstić information content (AvgIpc) is 2.19. The van der Waals surface area contributed by atoms with Crippen molar-refractivity contribution in [2.75, 3.05) is 13.2 Å². The summed E-state index contributed by atoms with van der Waals surface area (Å²) in [5.41, 5.74) is 2.35. The van der Waals surface area contributed by atoms with Crippen molar-refractivity contribution in [3.8, 4) is 0 Å². The van der Waals surface area contributed by atoms with Gasteiger partial charge < -0.3 is 5.11 Å². The normalized spacial score (nSPS) is 16.7. The van der Waals surface area contributed by atoms with Crippen molar-refractivity contribution in [1.82, 2.24) is 5.06 Å². The van der Waals surface area contributed by atoms with Gasteiger partial charge in [-0.15, -0.1) is 0 Å². The van der Waals surface area contributed by atoms with Crippen LogP contribution in [0.4, 0.5) is 0 Å². The molecule has 0 amide bonds. The van der Waals surface area contributed by atoms with E-state index in [1.165, 1.54) is 5.56 Å². The molecule has 0 saturated carbocycles. The second kappa shape index (κ2) is 4.28. The molecule has 1 aromatic rings. The summed E-state index contributed by atoms with van der Waals surface area (Å²) in [6, 6.07) is 5.81. The SMILES string of the molecule is OCCN1Cc2ccc(Cl)cc2CO1. The molecule has 1 aliphatic rings. The highest BCUT2D eigenvalue weighted by molar-refractivity contribution is 6.30. The molecule has 76 valence electrons. The van der Waals surface area contributed by atoms with Gasteiger partial charge in [-0.3, -0.25) is 4.84 Å². The minimum atomic E-state index is 0.114. The summed E-state index contributed by atoms with van der Waals surface area (Å²) in [7, 11) is 0. The Hall–Kier alpha value is -0.610. The highest BCUT2D eigenvalue weighted by Crippen LogP contribution is 2.22. The van der Waals surface area contributed by atoms with Crippen molar-refractivity contribution in [2.45, 2.75) is 13.2 Å². The largest absolute Gasteiger partial charge is 0.395 e. The molecule has 2 rings (SSSR count). The highest BCUT2D eigenvalue weighted by atomic mass is 35.5. The van der Waals surface area contributed by atoms with Gasteiger partial charge in [0.1, 0.15) is 0 Å². The molecule has 0 spiro atoms. The second-order valence-electron chi connectivity index (χ2n) is 3.27. The molecule has 0 bridgehead atoms. The third kappa shape index (κ3) is 2.07. The van der Waals surface area contributed by atoms with E-state index in [1.54, 1.807) is 5.06 Å². The molecule has 0 saturated heterocycles. The number of aliphatic hydroxyl groups is 1. The molecule has 4 heteroatoms. The first-order valence-corrected chi connectivity index (χ1v) is 4.93. The quantitative estimate of drug-likeness (QED) is 0.810. The van der Waals surface area contributed by atoms with Gasteiger partial charge in [0.05, 0.1) is 13.2 Å². The number of halogens is 1. The topological polar surface area (TPSA) is 32.7 Å². The predicted molar refractivity (Wildman–Crippen MR) is 53.7 cm³/mol. The lowest BCUT2D eigenvalue weighted by atomic mass is 10.1. The number of nitrogens with zero attached hydrogens (tertiary/aromatic N) is 1. The van der Waals surface area contributed by atoms with Crippen molar-refractivity contribution in [1.29, 1.82) is 0 Å². The maximum atomic E-state index is 8.77. The van der Waals surface area contributed by atoms with Crippen LogP contribution in [-0.4, -0.2) is 23.3 Å². The molecule has 0 radical (unpaired) electrons. The van der Waals surface area contributed by atoms with E-state index in [0.29, 0.717) is 19.7 Å². The van der Waals surface area contributed by atoms with Gasteiger partial charge in [-0.1, -0.05) is 17.7 Å². The Morgan fingerprint density at radius 3 is 3.07 bits per heavy atom. The minimum Gasteiger partial charge on any atom is -0.395 e. The summed E-state index contributed by atoms with van der Waals surface area (Å²) in [5.74, 6) is 0. The zero-order chi connectivity index (χ0) is 9.97. The Morgan fingerprint density at radius 1 is 1.43 bits per heavy atom. The van der Waals surface area contributed by atoms with Crippen LogP contribution in [0.15, 0.2) is 18.2 Å². The first kappa shape index (κ1) is 9.93. The summed E-state index contributed by atoms with van der Waals surface area (Å²) < 4.78 is 0. The standard InChI is InChI=1S/C10H12ClNO2/c11-10-2-1-8-6-12(3-4-13)14-7-9(8)5-10/h1-2,5,13H,3-4,6-7H2. The van der Waals surface area contributed by atoms with Gasteiger partial charge in [-0.05, 0) is 23.3 Å². The first-order chi connectivity index (χ1) is 6.79. The maximum Gasteiger partial charge on any atom is 0.0939 e. The molecule has 1 heterocycles. The summed E-state index contributed by atoms with van der Waals surface area (Å²) in [6.45, 7) is 1.91. The van der Waals surface area contributed by atoms with E-state index < -0.39 is 0 Å². The van der Waals surface area contributed by atoms with E-state index in [4.69, 9.17) is 21.5 Å². The van der Waals surface area contributed by atoms with Gasteiger partial charge in [0.2, 0.25) is 0 Å². The number of fused-ring (bicyclic) bond motifs is 1. The van der Waals surface area contributed by atoms with Crippen LogP contribution in [0.1, 0.15) is 11.1 Å². The zero-order valence-electron chi connectivity index (χ0n) is 7.74. The Kier molecular flexibility index (Phi) is 3.03. The predicted octanol–water partition coefficient (Wildman–Crippen LogP) is 1.58. The monoisotopic (exact) mass is 213 g/mol. The second-order valence-corrected chi connectivity index (χ2v) is 3.71. The van der Waals surface area contributed by atoms with Crippen molar-refractivity contribution in [2.24, 2.45) is 0 Å². The molecule has 14 heavy (non-hydrogen) atoms. The summed E-state index contributed by atoms with van der Waals surface area (Å²) in [4.78, 5) is 5.41. The lowest BCUT2D eigenvalue weighted by Crippen LogP contribution is -2.30. The summed E-state index contributed by atoms with van der Waals surface area (Å²) in [6.07, 6.45) is 0. The van der Waals surface area contributed by atoms with Crippen molar-refractivity contribution in [3.05, 3.63) is 34.3 Å². The summed E-state index contributed by atoms with van der Waals surface area (Å²) >= 11 is 5.87. The molecule has 1 aromatic carbocycles. The molecule has 1 aliphatic heterocycles. The van der Waals surface area contributed by atoms with Crippen molar-refractivity contribution >= 4 is 11.6 Å². The van der Waals surface area contributed by atoms with Crippen molar-refractivity contribution in [3.63, 3.8) is 0 Å². The number of hydroxylamine groups is 2. The molecular formula is C10H12ClNO2. The number of benzene rings is 1. The molecule has 1 N–H and O–H groups in total. The van der Waals surface area contributed by atoms with E-state index in [2.05, 4.69) is 0 Å². The number of hydrogen-bond donors (Lipinski definition) is 1. The Bertz CT molecular complexity index is 330. The fraction of sp³-hybridized carbons (Fsp3) is 0.400. The van der Waals surface area contributed by atoms with Crippen molar-refractivity contribution < 1.29 is 9.94 Å². The Morgan fingerprint density at radius 2 is 2.29 bits per heavy atom. The van der Waals surface area contributed by atoms with Gasteiger partial charge in [0.15, 0.2) is 0 Å². The van der Waals surface area contributed by atoms with Gasteiger partial charge in [0, 0.05) is 18.1 Å². The van der Waals surface area contributed by atoms with Crippen LogP contribution < -0.4 is 0 Å². The smallest absolute Gasteiger partial charge is 0.0939 e. The molecule has 0 aromatic heterocycles. The molecular weight excluding hydrogens is 202 g/mol. The van der Waals surface area contributed by atoms with Crippen LogP contribution in [0, 0.1) is 0 Å². The molecule has 0 aliphatic carbocycles. The maximum absolute atomic E-state index is 8.77. The van der Waals surface area contributed by atoms with E-state index >= 15 is 0 Å². The molecule has 0 atom stereocenters. The van der Waals surface area contributed by atoms with E-state index in [1.807, 2.05) is 18.2 Å². The fourth-order valence-corrected chi connectivity index (χ4v) is 1.73. The van der Waals surface area contributed by atoms with Crippen LogP contribution >= 0.6 is 11.6 Å². The number of hydrogen-bond acceptors (Lipinski definition) is 3. The lowest BCUT2D eigenvalue weighted by Gasteiger charge is -2.27. The fourth-order valence-electron chi connectivity index (χ4n) is 1.53. The van der Waals surface area contributed by atoms with Crippen LogP contribution in [0.25, 0.3) is 0 Å². The lowest BCUT2D eigenvalue weighted by molar-refractivity contribution is -0.190. The Balaban J connectivity index is 2.15.